The Bertz CT molecular complexity index is 446. The maximum atomic E-state index is 6.44. The lowest BCUT2D eigenvalue weighted by molar-refractivity contribution is 0.295. The second-order valence-electron chi connectivity index (χ2n) is 5.14. The molecule has 0 amide bonds. The van der Waals surface area contributed by atoms with Gasteiger partial charge in [0.15, 0.2) is 11.5 Å². The van der Waals surface area contributed by atoms with Gasteiger partial charge in [0.25, 0.3) is 0 Å². The summed E-state index contributed by atoms with van der Waals surface area (Å²) in [5.41, 5.74) is 2.37. The maximum Gasteiger partial charge on any atom is 0.164 e. The summed E-state index contributed by atoms with van der Waals surface area (Å²) in [6.45, 7) is 6.64. The third-order valence-electron chi connectivity index (χ3n) is 3.33. The fourth-order valence-electron chi connectivity index (χ4n) is 2.45. The fourth-order valence-corrected chi connectivity index (χ4v) is 2.75. The third-order valence-corrected chi connectivity index (χ3v) is 3.67. The van der Waals surface area contributed by atoms with E-state index in [1.165, 1.54) is 11.1 Å². The summed E-state index contributed by atoms with van der Waals surface area (Å²) < 4.78 is 11.7. The van der Waals surface area contributed by atoms with Crippen molar-refractivity contribution in [3.8, 4) is 11.5 Å². The molecule has 0 spiro atoms. The molecule has 0 aromatic heterocycles. The summed E-state index contributed by atoms with van der Waals surface area (Å²) in [7, 11) is 1.95. The topological polar surface area (TPSA) is 30.5 Å². The van der Waals surface area contributed by atoms with Crippen molar-refractivity contribution in [2.45, 2.75) is 32.6 Å². The highest BCUT2D eigenvalue weighted by atomic mass is 35.5. The van der Waals surface area contributed by atoms with Crippen molar-refractivity contribution in [3.63, 3.8) is 0 Å². The van der Waals surface area contributed by atoms with Gasteiger partial charge in [-0.05, 0) is 31.5 Å². The van der Waals surface area contributed by atoms with Crippen LogP contribution in [0, 0.1) is 0 Å². The van der Waals surface area contributed by atoms with Crippen LogP contribution in [0.5, 0.6) is 11.5 Å². The second-order valence-corrected chi connectivity index (χ2v) is 5.54. The summed E-state index contributed by atoms with van der Waals surface area (Å²) in [5.74, 6) is 2.04. The predicted octanol–water partition coefficient (Wildman–Crippen LogP) is 3.39. The number of ether oxygens (including phenoxy) is 2. The monoisotopic (exact) mass is 283 g/mol. The number of halogens is 1. The molecule has 0 fully saturated rings. The quantitative estimate of drug-likeness (QED) is 0.919. The van der Waals surface area contributed by atoms with Gasteiger partial charge in [0.2, 0.25) is 0 Å². The van der Waals surface area contributed by atoms with E-state index in [0.29, 0.717) is 19.1 Å². The Balaban J connectivity index is 2.50. The maximum absolute atomic E-state index is 6.44. The van der Waals surface area contributed by atoms with Crippen LogP contribution in [0.2, 0.25) is 5.02 Å². The zero-order valence-corrected chi connectivity index (χ0v) is 12.6. The van der Waals surface area contributed by atoms with Gasteiger partial charge < -0.3 is 14.8 Å². The van der Waals surface area contributed by atoms with Crippen LogP contribution in [-0.4, -0.2) is 26.8 Å². The van der Waals surface area contributed by atoms with E-state index in [1.807, 2.05) is 13.1 Å². The van der Waals surface area contributed by atoms with Gasteiger partial charge in [-0.15, -0.1) is 0 Å². The molecular weight excluding hydrogens is 262 g/mol. The molecule has 1 heterocycles. The van der Waals surface area contributed by atoms with Crippen LogP contribution in [0.15, 0.2) is 6.07 Å². The Kier molecular flexibility index (Phi) is 4.94. The first-order chi connectivity index (χ1) is 9.15. The molecule has 0 atom stereocenters. The number of hydrogen-bond acceptors (Lipinski definition) is 3. The molecule has 0 unspecified atom stereocenters. The molecule has 4 heteroatoms. The first-order valence-corrected chi connectivity index (χ1v) is 7.28. The molecule has 2 rings (SSSR count). The van der Waals surface area contributed by atoms with Crippen LogP contribution in [0.4, 0.5) is 0 Å². The van der Waals surface area contributed by atoms with Crippen molar-refractivity contribution < 1.29 is 9.47 Å². The van der Waals surface area contributed by atoms with Crippen LogP contribution in [-0.2, 0) is 6.42 Å². The highest BCUT2D eigenvalue weighted by Gasteiger charge is 2.23. The SMILES string of the molecule is CNCCc1c(Cl)cc2c(c1C(C)C)OCCCO2. The number of rotatable bonds is 4. The minimum atomic E-state index is 0.362. The first-order valence-electron chi connectivity index (χ1n) is 6.90. The highest BCUT2D eigenvalue weighted by Crippen LogP contribution is 2.43. The molecule has 0 saturated carbocycles. The Labute approximate surface area is 120 Å². The van der Waals surface area contributed by atoms with Gasteiger partial charge in [0, 0.05) is 23.1 Å². The predicted molar refractivity (Wildman–Crippen MR) is 78.8 cm³/mol. The molecule has 1 aliphatic rings. The lowest BCUT2D eigenvalue weighted by Gasteiger charge is -2.21. The van der Waals surface area contributed by atoms with Crippen molar-refractivity contribution in [2.75, 3.05) is 26.8 Å². The lowest BCUT2D eigenvalue weighted by Crippen LogP contribution is -2.13. The van der Waals surface area contributed by atoms with Gasteiger partial charge >= 0.3 is 0 Å². The van der Waals surface area contributed by atoms with E-state index < -0.39 is 0 Å². The van der Waals surface area contributed by atoms with E-state index in [1.54, 1.807) is 0 Å². The molecule has 19 heavy (non-hydrogen) atoms. The molecule has 0 saturated heterocycles. The van der Waals surface area contributed by atoms with E-state index in [2.05, 4.69) is 19.2 Å². The van der Waals surface area contributed by atoms with E-state index in [4.69, 9.17) is 21.1 Å². The number of likely N-dealkylation sites (N-methyl/N-ethyl adjacent to an activating group) is 1. The summed E-state index contributed by atoms with van der Waals surface area (Å²) in [4.78, 5) is 0. The number of hydrogen-bond donors (Lipinski definition) is 1. The Hall–Kier alpha value is -0.930. The molecule has 106 valence electrons. The standard InChI is InChI=1S/C15H22ClNO2/c1-10(2)14-11(5-6-17-3)12(16)9-13-15(14)19-8-4-7-18-13/h9-10,17H,4-8H2,1-3H3. The van der Waals surface area contributed by atoms with Crippen LogP contribution in [0.3, 0.4) is 0 Å². The van der Waals surface area contributed by atoms with Gasteiger partial charge in [0.1, 0.15) is 0 Å². The average molecular weight is 284 g/mol. The van der Waals surface area contributed by atoms with Gasteiger partial charge in [0.05, 0.1) is 13.2 Å². The zero-order valence-electron chi connectivity index (χ0n) is 11.9. The third kappa shape index (κ3) is 3.15. The molecule has 1 aromatic carbocycles. The van der Waals surface area contributed by atoms with E-state index in [9.17, 15) is 0 Å². The van der Waals surface area contributed by atoms with Crippen LogP contribution in [0.25, 0.3) is 0 Å². The van der Waals surface area contributed by atoms with E-state index in [-0.39, 0.29) is 0 Å². The van der Waals surface area contributed by atoms with Crippen molar-refractivity contribution >= 4 is 11.6 Å². The average Bonchev–Trinajstić information content (AvgIpc) is 2.60. The molecule has 3 nitrogen and oxygen atoms in total. The Morgan fingerprint density at radius 1 is 1.32 bits per heavy atom. The Morgan fingerprint density at radius 3 is 2.74 bits per heavy atom. The van der Waals surface area contributed by atoms with Gasteiger partial charge in [-0.1, -0.05) is 25.4 Å². The Morgan fingerprint density at radius 2 is 2.05 bits per heavy atom. The highest BCUT2D eigenvalue weighted by molar-refractivity contribution is 6.31. The molecule has 0 aliphatic carbocycles. The number of nitrogens with one attached hydrogen (secondary N) is 1. The zero-order chi connectivity index (χ0) is 13.8. The second kappa shape index (κ2) is 6.49. The normalized spacial score (nSPS) is 14.6. The van der Waals surface area contributed by atoms with Gasteiger partial charge in [-0.25, -0.2) is 0 Å². The first kappa shape index (κ1) is 14.5. The fraction of sp³-hybridized carbons (Fsp3) is 0.600. The van der Waals surface area contributed by atoms with Crippen LogP contribution < -0.4 is 14.8 Å². The molecule has 1 N–H and O–H groups in total. The van der Waals surface area contributed by atoms with Crippen molar-refractivity contribution in [3.05, 3.63) is 22.2 Å². The smallest absolute Gasteiger partial charge is 0.164 e. The van der Waals surface area contributed by atoms with E-state index in [0.717, 1.165) is 35.9 Å². The van der Waals surface area contributed by atoms with Crippen molar-refractivity contribution in [1.29, 1.82) is 0 Å². The largest absolute Gasteiger partial charge is 0.489 e. The molecule has 1 aliphatic heterocycles. The summed E-state index contributed by atoms with van der Waals surface area (Å²) >= 11 is 6.44. The van der Waals surface area contributed by atoms with Crippen LogP contribution in [0.1, 0.15) is 37.3 Å². The molecule has 0 radical (unpaired) electrons. The summed E-state index contributed by atoms with van der Waals surface area (Å²) in [6, 6.07) is 1.90. The van der Waals surface area contributed by atoms with Gasteiger partial charge in [-0.3, -0.25) is 0 Å². The van der Waals surface area contributed by atoms with Crippen molar-refractivity contribution in [1.82, 2.24) is 5.32 Å². The van der Waals surface area contributed by atoms with Crippen LogP contribution >= 0.6 is 11.6 Å². The number of benzene rings is 1. The molecule has 0 bridgehead atoms. The summed E-state index contributed by atoms with van der Waals surface area (Å²) in [5, 5.41) is 3.95. The molecule has 1 aromatic rings. The minimum absolute atomic E-state index is 0.362. The van der Waals surface area contributed by atoms with Gasteiger partial charge in [-0.2, -0.15) is 0 Å². The lowest BCUT2D eigenvalue weighted by atomic mass is 9.93. The number of fused-ring (bicyclic) bond motifs is 1. The summed E-state index contributed by atoms with van der Waals surface area (Å²) in [6.07, 6.45) is 1.81. The van der Waals surface area contributed by atoms with E-state index >= 15 is 0 Å². The van der Waals surface area contributed by atoms with Crippen molar-refractivity contribution in [2.24, 2.45) is 0 Å². The minimum Gasteiger partial charge on any atom is -0.489 e. The molecular formula is C15H22ClNO2.